The van der Waals surface area contributed by atoms with E-state index in [4.69, 9.17) is 28.0 Å². The third kappa shape index (κ3) is 3.84. The first-order valence-corrected chi connectivity index (χ1v) is 8.30. The summed E-state index contributed by atoms with van der Waals surface area (Å²) < 4.78 is 0. The topological polar surface area (TPSA) is 60.3 Å². The lowest BCUT2D eigenvalue weighted by Gasteiger charge is -2.26. The Kier molecular flexibility index (Phi) is 5.30. The van der Waals surface area contributed by atoms with Gasteiger partial charge in [0.05, 0.1) is 41.1 Å². The highest BCUT2D eigenvalue weighted by Gasteiger charge is 2.21. The lowest BCUT2D eigenvalue weighted by molar-refractivity contribution is -0.114. The minimum absolute atomic E-state index is 0.235. The number of para-hydroxylation sites is 1. The molecule has 0 saturated heterocycles. The molecule has 0 atom stereocenters. The molecule has 2 N–H and O–H groups in total. The molecule has 0 amide bonds. The Morgan fingerprint density at radius 1 is 1.33 bits per heavy atom. The normalized spacial score (nSPS) is 17.6. The number of nitrogens with zero attached hydrogens (tertiary/aromatic N) is 3. The van der Waals surface area contributed by atoms with Gasteiger partial charge in [0.1, 0.15) is 6.61 Å². The van der Waals surface area contributed by atoms with Crippen molar-refractivity contribution in [2.45, 2.75) is 6.92 Å². The van der Waals surface area contributed by atoms with Crippen molar-refractivity contribution in [2.24, 2.45) is 4.99 Å². The number of benzene rings is 1. The van der Waals surface area contributed by atoms with E-state index in [0.29, 0.717) is 47.0 Å². The molecule has 0 radical (unpaired) electrons. The molecule has 2 heterocycles. The Morgan fingerprint density at radius 3 is 2.83 bits per heavy atom. The summed E-state index contributed by atoms with van der Waals surface area (Å²) in [5.74, 6) is 0.540. The number of hydroxylamine groups is 4. The van der Waals surface area contributed by atoms with Crippen molar-refractivity contribution < 1.29 is 10.0 Å². The zero-order chi connectivity index (χ0) is 17.1. The summed E-state index contributed by atoms with van der Waals surface area (Å²) in [4.78, 5) is 10.2. The fourth-order valence-electron chi connectivity index (χ4n) is 2.39. The van der Waals surface area contributed by atoms with E-state index in [1.54, 1.807) is 23.3 Å². The average molecular weight is 369 g/mol. The molecule has 0 aromatic heterocycles. The lowest BCUT2D eigenvalue weighted by atomic mass is 10.2. The lowest BCUT2D eigenvalue weighted by Crippen LogP contribution is -2.35. The van der Waals surface area contributed by atoms with E-state index in [9.17, 15) is 5.21 Å². The van der Waals surface area contributed by atoms with Crippen molar-refractivity contribution in [1.82, 2.24) is 10.1 Å². The highest BCUT2D eigenvalue weighted by molar-refractivity contribution is 6.39. The summed E-state index contributed by atoms with van der Waals surface area (Å²) in [5, 5.41) is 16.8. The predicted octanol–water partition coefficient (Wildman–Crippen LogP) is 3.54. The van der Waals surface area contributed by atoms with Crippen LogP contribution >= 0.6 is 23.2 Å². The van der Waals surface area contributed by atoms with Crippen LogP contribution in [0.5, 0.6) is 0 Å². The molecule has 6 nitrogen and oxygen atoms in total. The first-order chi connectivity index (χ1) is 11.5. The number of allylic oxidation sites excluding steroid dienone is 2. The van der Waals surface area contributed by atoms with Gasteiger partial charge in [-0.15, -0.1) is 0 Å². The highest BCUT2D eigenvalue weighted by atomic mass is 35.5. The summed E-state index contributed by atoms with van der Waals surface area (Å²) in [6.07, 6.45) is 3.82. The van der Waals surface area contributed by atoms with Crippen LogP contribution in [0.2, 0.25) is 10.0 Å². The quantitative estimate of drug-likeness (QED) is 0.850. The van der Waals surface area contributed by atoms with Gasteiger partial charge in [-0.3, -0.25) is 15.1 Å². The van der Waals surface area contributed by atoms with Crippen molar-refractivity contribution in [2.75, 3.05) is 31.6 Å². The number of guanidine groups is 1. The molecular formula is C16H18Cl2N4O2. The second-order valence-electron chi connectivity index (χ2n) is 5.47. The van der Waals surface area contributed by atoms with Gasteiger partial charge in [0.25, 0.3) is 0 Å². The molecular weight excluding hydrogens is 351 g/mol. The van der Waals surface area contributed by atoms with Crippen LogP contribution in [0.1, 0.15) is 6.92 Å². The van der Waals surface area contributed by atoms with Crippen LogP contribution in [0.3, 0.4) is 0 Å². The second-order valence-corrected chi connectivity index (χ2v) is 6.28. The van der Waals surface area contributed by atoms with Crippen molar-refractivity contribution >= 4 is 34.8 Å². The van der Waals surface area contributed by atoms with Crippen LogP contribution in [-0.2, 0) is 4.84 Å². The molecule has 3 rings (SSSR count). The Labute approximate surface area is 150 Å². The number of nitrogens with one attached hydrogen (secondary N) is 1. The molecule has 0 aliphatic carbocycles. The standard InChI is InChI=1S/C16H18Cl2N4O2/c1-11-5-7-21(23)12(9-11)10-24-22-8-6-19-16(22)20-15-13(17)3-2-4-14(15)18/h2-5,9,23H,6-8,10H2,1H3,(H,19,20). The predicted molar refractivity (Wildman–Crippen MR) is 95.4 cm³/mol. The smallest absolute Gasteiger partial charge is 0.223 e. The van der Waals surface area contributed by atoms with Crippen molar-refractivity contribution in [1.29, 1.82) is 0 Å². The number of hydrogen-bond acceptors (Lipinski definition) is 6. The van der Waals surface area contributed by atoms with Crippen LogP contribution in [0, 0.1) is 0 Å². The van der Waals surface area contributed by atoms with Crippen LogP contribution < -0.4 is 5.32 Å². The summed E-state index contributed by atoms with van der Waals surface area (Å²) >= 11 is 12.3. The first kappa shape index (κ1) is 17.1. The van der Waals surface area contributed by atoms with Gasteiger partial charge in [0.2, 0.25) is 5.96 Å². The van der Waals surface area contributed by atoms with Gasteiger partial charge in [-0.25, -0.2) is 10.1 Å². The number of hydrogen-bond donors (Lipinski definition) is 2. The molecule has 0 spiro atoms. The minimum atomic E-state index is 0.235. The van der Waals surface area contributed by atoms with Gasteiger partial charge in [0, 0.05) is 0 Å². The van der Waals surface area contributed by atoms with Gasteiger partial charge in [-0.2, -0.15) is 0 Å². The summed E-state index contributed by atoms with van der Waals surface area (Å²) in [7, 11) is 0. The zero-order valence-corrected chi connectivity index (χ0v) is 14.7. The number of aliphatic imine (C=N–C) groups is 1. The molecule has 0 unspecified atom stereocenters. The number of halogens is 2. The molecule has 1 aromatic rings. The first-order valence-electron chi connectivity index (χ1n) is 7.54. The van der Waals surface area contributed by atoms with E-state index in [2.05, 4.69) is 10.3 Å². The molecule has 0 saturated carbocycles. The van der Waals surface area contributed by atoms with E-state index < -0.39 is 0 Å². The van der Waals surface area contributed by atoms with E-state index in [1.807, 2.05) is 19.1 Å². The molecule has 128 valence electrons. The number of rotatable bonds is 4. The van der Waals surface area contributed by atoms with E-state index in [-0.39, 0.29) is 6.61 Å². The summed E-state index contributed by atoms with van der Waals surface area (Å²) in [5.41, 5.74) is 2.38. The summed E-state index contributed by atoms with van der Waals surface area (Å²) in [6.45, 7) is 3.88. The van der Waals surface area contributed by atoms with Crippen molar-refractivity contribution in [3.63, 3.8) is 0 Å². The zero-order valence-electron chi connectivity index (χ0n) is 13.2. The van der Waals surface area contributed by atoms with E-state index >= 15 is 0 Å². The maximum atomic E-state index is 9.88. The largest absolute Gasteiger partial charge is 0.322 e. The third-order valence-electron chi connectivity index (χ3n) is 3.68. The van der Waals surface area contributed by atoms with Gasteiger partial charge in [0.15, 0.2) is 0 Å². The van der Waals surface area contributed by atoms with Crippen LogP contribution in [0.15, 0.2) is 46.6 Å². The van der Waals surface area contributed by atoms with Gasteiger partial charge < -0.3 is 5.32 Å². The van der Waals surface area contributed by atoms with Gasteiger partial charge >= 0.3 is 0 Å². The van der Waals surface area contributed by atoms with Crippen LogP contribution in [0.25, 0.3) is 0 Å². The minimum Gasteiger partial charge on any atom is -0.322 e. The molecule has 24 heavy (non-hydrogen) atoms. The van der Waals surface area contributed by atoms with Crippen LogP contribution in [-0.4, -0.2) is 47.5 Å². The Morgan fingerprint density at radius 2 is 2.08 bits per heavy atom. The summed E-state index contributed by atoms with van der Waals surface area (Å²) in [6, 6.07) is 5.28. The SMILES string of the molecule is CC1=CCN(O)C(CON2CCN=C2Nc2c(Cl)cccc2Cl)=C1. The van der Waals surface area contributed by atoms with E-state index in [0.717, 1.165) is 10.6 Å². The molecule has 2 aliphatic rings. The van der Waals surface area contributed by atoms with Crippen molar-refractivity contribution in [3.8, 4) is 0 Å². The Balaban J connectivity index is 1.65. The fraction of sp³-hybridized carbons (Fsp3) is 0.312. The van der Waals surface area contributed by atoms with Gasteiger partial charge in [-0.1, -0.05) is 40.9 Å². The van der Waals surface area contributed by atoms with Crippen molar-refractivity contribution in [3.05, 3.63) is 51.7 Å². The molecule has 8 heteroatoms. The Bertz CT molecular complexity index is 698. The molecule has 0 fully saturated rings. The highest BCUT2D eigenvalue weighted by Crippen LogP contribution is 2.30. The molecule has 1 aromatic carbocycles. The monoisotopic (exact) mass is 368 g/mol. The maximum absolute atomic E-state index is 9.88. The maximum Gasteiger partial charge on any atom is 0.223 e. The van der Waals surface area contributed by atoms with Crippen LogP contribution in [0.4, 0.5) is 5.69 Å². The number of anilines is 1. The third-order valence-corrected chi connectivity index (χ3v) is 4.31. The molecule has 0 bridgehead atoms. The second kappa shape index (κ2) is 7.44. The Hall–Kier alpha value is -1.73. The molecule has 2 aliphatic heterocycles. The van der Waals surface area contributed by atoms with E-state index in [1.165, 1.54) is 0 Å². The average Bonchev–Trinajstić information content (AvgIpc) is 2.99. The van der Waals surface area contributed by atoms with Gasteiger partial charge in [-0.05, 0) is 25.1 Å². The fourth-order valence-corrected chi connectivity index (χ4v) is 2.88.